The molecule has 0 aliphatic carbocycles. The first-order chi connectivity index (χ1) is 16.6. The highest BCUT2D eigenvalue weighted by Gasteiger charge is 2.18. The van der Waals surface area contributed by atoms with Gasteiger partial charge in [0, 0.05) is 45.3 Å². The number of amides is 1. The summed E-state index contributed by atoms with van der Waals surface area (Å²) in [5, 5.41) is 2.95. The Labute approximate surface area is 199 Å². The lowest BCUT2D eigenvalue weighted by Crippen LogP contribution is -2.38. The minimum Gasteiger partial charge on any atom is -0.492 e. The van der Waals surface area contributed by atoms with Crippen molar-refractivity contribution in [3.63, 3.8) is 0 Å². The van der Waals surface area contributed by atoms with E-state index in [0.717, 1.165) is 49.4 Å². The number of likely N-dealkylation sites (N-methyl/N-ethyl adjacent to an activating group) is 1. The van der Waals surface area contributed by atoms with Crippen LogP contribution in [0.25, 0.3) is 11.1 Å². The highest BCUT2D eigenvalue weighted by atomic mass is 16.5. The van der Waals surface area contributed by atoms with Gasteiger partial charge in [-0.15, -0.1) is 0 Å². The number of nitrogens with zero attached hydrogens (tertiary/aromatic N) is 2. The van der Waals surface area contributed by atoms with Crippen molar-refractivity contribution < 1.29 is 18.7 Å². The molecule has 182 valence electrons. The Morgan fingerprint density at radius 2 is 2.00 bits per heavy atom. The Hall–Kier alpha value is -3.10. The minimum atomic E-state index is -0.391. The molecule has 8 heteroatoms. The zero-order chi connectivity index (χ0) is 23.8. The van der Waals surface area contributed by atoms with E-state index in [1.165, 1.54) is 0 Å². The molecule has 4 rings (SSSR count). The van der Waals surface area contributed by atoms with E-state index in [1.807, 2.05) is 42.5 Å². The van der Waals surface area contributed by atoms with Crippen molar-refractivity contribution in [1.29, 1.82) is 0 Å². The monoisotopic (exact) mass is 467 g/mol. The van der Waals surface area contributed by atoms with E-state index in [-0.39, 0.29) is 5.91 Å². The Kier molecular flexibility index (Phi) is 8.38. The quantitative estimate of drug-likeness (QED) is 0.466. The number of fused-ring (bicyclic) bond motifs is 1. The number of aryl methyl sites for hydroxylation is 1. The van der Waals surface area contributed by atoms with Gasteiger partial charge in [-0.1, -0.05) is 24.3 Å². The first-order valence-electron chi connectivity index (χ1n) is 11.9. The van der Waals surface area contributed by atoms with Crippen LogP contribution >= 0.6 is 0 Å². The molecule has 1 N–H and O–H groups in total. The molecule has 34 heavy (non-hydrogen) atoms. The van der Waals surface area contributed by atoms with Crippen LogP contribution in [0.3, 0.4) is 0 Å². The molecule has 0 spiro atoms. The van der Waals surface area contributed by atoms with Gasteiger partial charge in [0.05, 0.1) is 5.52 Å². The standard InChI is InChI=1S/C26H33N3O5/c1-28(21-11-15-32-16-12-21)14-17-33-22-7-4-6-20(18-22)19-27-25(30)10-5-13-29-23-8-2-3-9-24(23)34-26(29)31/h2-4,6-9,18,21H,5,10-17,19H2,1H3,(H,27,30). The van der Waals surface area contributed by atoms with Gasteiger partial charge in [0.2, 0.25) is 5.91 Å². The SMILES string of the molecule is CN(CCOc1cccc(CNC(=O)CCCn2c(=O)oc3ccccc32)c1)C1CCOCC1. The maximum atomic E-state index is 12.3. The molecule has 1 aliphatic rings. The second-order valence-electron chi connectivity index (χ2n) is 8.69. The highest BCUT2D eigenvalue weighted by Crippen LogP contribution is 2.16. The van der Waals surface area contributed by atoms with Crippen LogP contribution in [0.4, 0.5) is 0 Å². The van der Waals surface area contributed by atoms with Gasteiger partial charge in [-0.05, 0) is 56.1 Å². The number of hydrogen-bond acceptors (Lipinski definition) is 6. The molecular weight excluding hydrogens is 434 g/mol. The number of oxazole rings is 1. The number of hydrogen-bond donors (Lipinski definition) is 1. The Bertz CT molecular complexity index is 1130. The van der Waals surface area contributed by atoms with Gasteiger partial charge in [0.25, 0.3) is 0 Å². The summed E-state index contributed by atoms with van der Waals surface area (Å²) in [4.78, 5) is 26.7. The zero-order valence-electron chi connectivity index (χ0n) is 19.7. The zero-order valence-corrected chi connectivity index (χ0v) is 19.7. The van der Waals surface area contributed by atoms with Crippen molar-refractivity contribution >= 4 is 17.0 Å². The van der Waals surface area contributed by atoms with Crippen LogP contribution in [-0.2, 0) is 22.6 Å². The average Bonchev–Trinajstić information content (AvgIpc) is 3.18. The van der Waals surface area contributed by atoms with Gasteiger partial charge in [-0.3, -0.25) is 14.3 Å². The average molecular weight is 468 g/mol. The molecule has 2 aromatic carbocycles. The maximum Gasteiger partial charge on any atom is 0.419 e. The van der Waals surface area contributed by atoms with Crippen LogP contribution in [0.2, 0.25) is 0 Å². The van der Waals surface area contributed by atoms with Gasteiger partial charge in [0.15, 0.2) is 5.58 Å². The van der Waals surface area contributed by atoms with Crippen LogP contribution in [0.5, 0.6) is 5.75 Å². The Morgan fingerprint density at radius 3 is 2.85 bits per heavy atom. The molecule has 0 saturated carbocycles. The van der Waals surface area contributed by atoms with E-state index in [1.54, 1.807) is 10.6 Å². The van der Waals surface area contributed by atoms with Crippen molar-refractivity contribution in [2.75, 3.05) is 33.4 Å². The van der Waals surface area contributed by atoms with Crippen molar-refractivity contribution in [3.8, 4) is 5.75 Å². The van der Waals surface area contributed by atoms with E-state index in [4.69, 9.17) is 13.9 Å². The molecule has 0 atom stereocenters. The molecule has 2 heterocycles. The summed E-state index contributed by atoms with van der Waals surface area (Å²) in [6.45, 7) is 4.03. The number of ether oxygens (including phenoxy) is 2. The molecular formula is C26H33N3O5. The number of carbonyl (C=O) groups is 1. The van der Waals surface area contributed by atoms with E-state index in [2.05, 4.69) is 17.3 Å². The van der Waals surface area contributed by atoms with Crippen LogP contribution in [-0.4, -0.2) is 54.8 Å². The summed E-state index contributed by atoms with van der Waals surface area (Å²) in [6.07, 6.45) is 3.03. The minimum absolute atomic E-state index is 0.0507. The topological polar surface area (TPSA) is 85.9 Å². The lowest BCUT2D eigenvalue weighted by Gasteiger charge is -2.31. The number of benzene rings is 2. The molecule has 1 aromatic heterocycles. The summed E-state index contributed by atoms with van der Waals surface area (Å²) in [5.74, 6) is 0.362. The van der Waals surface area contributed by atoms with Crippen LogP contribution in [0, 0.1) is 0 Å². The van der Waals surface area contributed by atoms with Gasteiger partial charge >= 0.3 is 5.76 Å². The maximum absolute atomic E-state index is 12.3. The predicted octanol–water partition coefficient (Wildman–Crippen LogP) is 3.18. The Balaban J connectivity index is 1.17. The summed E-state index contributed by atoms with van der Waals surface area (Å²) in [6, 6.07) is 15.7. The van der Waals surface area contributed by atoms with Crippen LogP contribution in [0.15, 0.2) is 57.7 Å². The number of para-hydroxylation sites is 2. The molecule has 3 aromatic rings. The lowest BCUT2D eigenvalue weighted by molar-refractivity contribution is -0.121. The number of nitrogens with one attached hydrogen (secondary N) is 1. The molecule has 1 fully saturated rings. The molecule has 1 saturated heterocycles. The van der Waals surface area contributed by atoms with E-state index >= 15 is 0 Å². The van der Waals surface area contributed by atoms with E-state index < -0.39 is 5.76 Å². The van der Waals surface area contributed by atoms with Crippen LogP contribution in [0.1, 0.15) is 31.2 Å². The molecule has 8 nitrogen and oxygen atoms in total. The molecule has 1 amide bonds. The van der Waals surface area contributed by atoms with Gasteiger partial charge < -0.3 is 19.2 Å². The summed E-state index contributed by atoms with van der Waals surface area (Å²) in [7, 11) is 2.14. The Morgan fingerprint density at radius 1 is 1.18 bits per heavy atom. The van der Waals surface area contributed by atoms with Crippen molar-refractivity contribution in [3.05, 3.63) is 64.6 Å². The fourth-order valence-corrected chi connectivity index (χ4v) is 4.27. The largest absolute Gasteiger partial charge is 0.492 e. The van der Waals surface area contributed by atoms with Crippen molar-refractivity contribution in [1.82, 2.24) is 14.8 Å². The summed E-state index contributed by atoms with van der Waals surface area (Å²) in [5.41, 5.74) is 2.30. The third-order valence-electron chi connectivity index (χ3n) is 6.27. The number of rotatable bonds is 11. The molecule has 0 bridgehead atoms. The van der Waals surface area contributed by atoms with Crippen molar-refractivity contribution in [2.24, 2.45) is 0 Å². The first-order valence-corrected chi connectivity index (χ1v) is 11.9. The second kappa shape index (κ2) is 11.9. The number of carbonyl (C=O) groups excluding carboxylic acids is 1. The lowest BCUT2D eigenvalue weighted by atomic mass is 10.1. The van der Waals surface area contributed by atoms with Gasteiger partial charge in [0.1, 0.15) is 12.4 Å². The molecule has 0 radical (unpaired) electrons. The third-order valence-corrected chi connectivity index (χ3v) is 6.27. The normalized spacial score (nSPS) is 14.5. The smallest absolute Gasteiger partial charge is 0.419 e. The summed E-state index contributed by atoms with van der Waals surface area (Å²) < 4.78 is 18.2. The van der Waals surface area contributed by atoms with E-state index in [9.17, 15) is 9.59 Å². The second-order valence-corrected chi connectivity index (χ2v) is 8.69. The van der Waals surface area contributed by atoms with Gasteiger partial charge in [-0.25, -0.2) is 4.79 Å². The van der Waals surface area contributed by atoms with Gasteiger partial charge in [-0.2, -0.15) is 0 Å². The summed E-state index contributed by atoms with van der Waals surface area (Å²) >= 11 is 0. The van der Waals surface area contributed by atoms with E-state index in [0.29, 0.717) is 44.2 Å². The molecule has 0 unspecified atom stereocenters. The van der Waals surface area contributed by atoms with Crippen molar-refractivity contribution in [2.45, 2.75) is 44.8 Å². The third kappa shape index (κ3) is 6.48. The first kappa shape index (κ1) is 24.0. The molecule has 1 aliphatic heterocycles. The predicted molar refractivity (Wildman–Crippen MR) is 130 cm³/mol. The fourth-order valence-electron chi connectivity index (χ4n) is 4.27. The van der Waals surface area contributed by atoms with Crippen LogP contribution < -0.4 is 15.8 Å². The fraction of sp³-hybridized carbons (Fsp3) is 0.462. The highest BCUT2D eigenvalue weighted by molar-refractivity contribution is 5.76. The number of aromatic nitrogens is 1.